The highest BCUT2D eigenvalue weighted by molar-refractivity contribution is 9.10. The molecule has 0 saturated heterocycles. The molecule has 3 aromatic carbocycles. The Balaban J connectivity index is 1.74. The van der Waals surface area contributed by atoms with Gasteiger partial charge in [-0.05, 0) is 66.6 Å². The van der Waals surface area contributed by atoms with Crippen LogP contribution in [0.3, 0.4) is 0 Å². The Morgan fingerprint density at radius 3 is 2.53 bits per heavy atom. The number of carbonyl (C=O) groups is 1. The van der Waals surface area contributed by atoms with Crippen molar-refractivity contribution in [2.75, 3.05) is 18.6 Å². The Morgan fingerprint density at radius 2 is 1.79 bits per heavy atom. The molecule has 172 valence electrons. The summed E-state index contributed by atoms with van der Waals surface area (Å²) in [6.07, 6.45) is 0.872. The zero-order valence-electron chi connectivity index (χ0n) is 18.7. The third-order valence-corrected chi connectivity index (χ3v) is 6.32. The van der Waals surface area contributed by atoms with Gasteiger partial charge in [0.2, 0.25) is 5.76 Å². The molecule has 7 heteroatoms. The van der Waals surface area contributed by atoms with Gasteiger partial charge in [0.25, 0.3) is 5.91 Å². The van der Waals surface area contributed by atoms with Crippen LogP contribution in [-0.2, 0) is 0 Å². The lowest BCUT2D eigenvalue weighted by molar-refractivity contribution is 0.0971. The Kier molecular flexibility index (Phi) is 5.87. The van der Waals surface area contributed by atoms with Crippen molar-refractivity contribution in [2.24, 2.45) is 0 Å². The second-order valence-electron chi connectivity index (χ2n) is 8.01. The molecular weight excluding hydrogens is 498 g/mol. The normalized spacial score (nSPS) is 15.0. The van der Waals surface area contributed by atoms with Crippen molar-refractivity contribution in [1.82, 2.24) is 0 Å². The molecule has 1 aliphatic heterocycles. The van der Waals surface area contributed by atoms with E-state index in [0.717, 1.165) is 16.5 Å². The number of fused-ring (bicyclic) bond motifs is 2. The quantitative estimate of drug-likeness (QED) is 0.307. The van der Waals surface area contributed by atoms with Gasteiger partial charge in [0.05, 0.1) is 30.7 Å². The van der Waals surface area contributed by atoms with Crippen LogP contribution in [0.2, 0.25) is 0 Å². The number of amides is 1. The second-order valence-corrected chi connectivity index (χ2v) is 8.93. The van der Waals surface area contributed by atoms with Crippen LogP contribution in [0.15, 0.2) is 80.4 Å². The molecule has 0 saturated carbocycles. The first kappa shape index (κ1) is 22.2. The topological polar surface area (TPSA) is 69.0 Å². The van der Waals surface area contributed by atoms with Crippen LogP contribution in [0.1, 0.15) is 41.1 Å². The van der Waals surface area contributed by atoms with Crippen LogP contribution in [0.5, 0.6) is 11.5 Å². The van der Waals surface area contributed by atoms with Gasteiger partial charge in [0, 0.05) is 10.2 Å². The van der Waals surface area contributed by atoms with Gasteiger partial charge in [-0.1, -0.05) is 35.0 Å². The molecule has 1 amide bonds. The summed E-state index contributed by atoms with van der Waals surface area (Å²) >= 11 is 3.43. The maximum atomic E-state index is 13.7. The predicted octanol–water partition coefficient (Wildman–Crippen LogP) is 6.10. The van der Waals surface area contributed by atoms with Crippen molar-refractivity contribution in [2.45, 2.75) is 19.4 Å². The second kappa shape index (κ2) is 8.99. The Bertz CT molecular complexity index is 1440. The molecule has 2 heterocycles. The molecule has 0 N–H and O–H groups in total. The minimum atomic E-state index is -0.666. The number of methoxy groups -OCH3 is 1. The van der Waals surface area contributed by atoms with Gasteiger partial charge >= 0.3 is 0 Å². The zero-order chi connectivity index (χ0) is 23.8. The summed E-state index contributed by atoms with van der Waals surface area (Å²) in [7, 11) is 1.59. The average molecular weight is 520 g/mol. The minimum absolute atomic E-state index is 0.0560. The molecule has 0 fully saturated rings. The van der Waals surface area contributed by atoms with Gasteiger partial charge in [-0.2, -0.15) is 0 Å². The van der Waals surface area contributed by atoms with Crippen molar-refractivity contribution in [3.8, 4) is 11.5 Å². The highest BCUT2D eigenvalue weighted by Crippen LogP contribution is 2.42. The number of hydrogen-bond donors (Lipinski definition) is 0. The van der Waals surface area contributed by atoms with Crippen molar-refractivity contribution in [3.63, 3.8) is 0 Å². The molecule has 34 heavy (non-hydrogen) atoms. The van der Waals surface area contributed by atoms with Crippen LogP contribution in [0.4, 0.5) is 5.69 Å². The van der Waals surface area contributed by atoms with E-state index in [0.29, 0.717) is 40.3 Å². The van der Waals surface area contributed by atoms with Crippen molar-refractivity contribution >= 4 is 38.5 Å². The van der Waals surface area contributed by atoms with E-state index in [1.54, 1.807) is 54.5 Å². The summed E-state index contributed by atoms with van der Waals surface area (Å²) in [6, 6.07) is 19.2. The van der Waals surface area contributed by atoms with Gasteiger partial charge in [-0.25, -0.2) is 0 Å². The van der Waals surface area contributed by atoms with Gasteiger partial charge in [0.15, 0.2) is 5.43 Å². The molecule has 4 aromatic rings. The summed E-state index contributed by atoms with van der Waals surface area (Å²) in [6.45, 7) is 2.61. The van der Waals surface area contributed by atoms with Gasteiger partial charge in [-0.15, -0.1) is 0 Å². The highest BCUT2D eigenvalue weighted by Gasteiger charge is 2.43. The highest BCUT2D eigenvalue weighted by atomic mass is 79.9. The van der Waals surface area contributed by atoms with Crippen molar-refractivity contribution < 1.29 is 18.7 Å². The summed E-state index contributed by atoms with van der Waals surface area (Å²) in [5.41, 5.74) is 1.85. The average Bonchev–Trinajstić information content (AvgIpc) is 3.16. The van der Waals surface area contributed by atoms with Crippen LogP contribution in [0, 0.1) is 0 Å². The molecule has 0 spiro atoms. The molecule has 1 aromatic heterocycles. The van der Waals surface area contributed by atoms with Crippen molar-refractivity contribution in [3.05, 3.63) is 98.3 Å². The first-order valence-electron chi connectivity index (χ1n) is 11.0. The summed E-state index contributed by atoms with van der Waals surface area (Å²) in [5.74, 6) is 1.04. The van der Waals surface area contributed by atoms with Gasteiger partial charge in [0.1, 0.15) is 17.1 Å². The smallest absolute Gasteiger partial charge is 0.295 e. The van der Waals surface area contributed by atoms with E-state index in [9.17, 15) is 9.59 Å². The Morgan fingerprint density at radius 1 is 1.00 bits per heavy atom. The number of nitrogens with zero attached hydrogens (tertiary/aromatic N) is 1. The number of carbonyl (C=O) groups excluding carboxylic acids is 1. The number of halogens is 1. The van der Waals surface area contributed by atoms with E-state index in [2.05, 4.69) is 15.9 Å². The summed E-state index contributed by atoms with van der Waals surface area (Å²) < 4.78 is 17.9. The molecule has 1 unspecified atom stereocenters. The molecule has 5 rings (SSSR count). The van der Waals surface area contributed by atoms with Crippen LogP contribution < -0.4 is 19.8 Å². The largest absolute Gasteiger partial charge is 0.497 e. The van der Waals surface area contributed by atoms with Crippen LogP contribution in [-0.4, -0.2) is 19.6 Å². The maximum Gasteiger partial charge on any atom is 0.295 e. The van der Waals surface area contributed by atoms with E-state index < -0.39 is 6.04 Å². The summed E-state index contributed by atoms with van der Waals surface area (Å²) in [4.78, 5) is 29.0. The van der Waals surface area contributed by atoms with E-state index in [1.165, 1.54) is 0 Å². The zero-order valence-corrected chi connectivity index (χ0v) is 20.3. The first-order valence-corrected chi connectivity index (χ1v) is 11.8. The first-order chi connectivity index (χ1) is 16.5. The molecule has 1 aliphatic rings. The molecule has 1 atom stereocenters. The number of benzene rings is 3. The number of ether oxygens (including phenoxy) is 2. The van der Waals surface area contributed by atoms with E-state index in [4.69, 9.17) is 13.9 Å². The number of rotatable bonds is 6. The Labute approximate surface area is 204 Å². The fraction of sp³-hybridized carbons (Fsp3) is 0.185. The maximum absolute atomic E-state index is 13.7. The SMILES string of the molecule is CCCOc1cccc(C2c3c(oc4ccc(Br)cc4c3=O)C(=O)N2c2ccc(OC)cc2)c1. The molecule has 6 nitrogen and oxygen atoms in total. The lowest BCUT2D eigenvalue weighted by Crippen LogP contribution is -2.29. The number of anilines is 1. The fourth-order valence-electron chi connectivity index (χ4n) is 4.26. The lowest BCUT2D eigenvalue weighted by Gasteiger charge is -2.25. The summed E-state index contributed by atoms with van der Waals surface area (Å²) in [5, 5.41) is 0.417. The van der Waals surface area contributed by atoms with Crippen molar-refractivity contribution in [1.29, 1.82) is 0 Å². The molecular formula is C27H22BrNO5. The van der Waals surface area contributed by atoms with Crippen LogP contribution in [0.25, 0.3) is 11.0 Å². The standard InChI is InChI=1S/C27H22BrNO5/c1-3-13-33-20-6-4-5-16(14-20)24-23-25(30)21-15-17(28)7-12-22(21)34-26(23)27(31)29(24)18-8-10-19(32-2)11-9-18/h4-12,14-15,24H,3,13H2,1-2H3. The lowest BCUT2D eigenvalue weighted by atomic mass is 9.98. The fourth-order valence-corrected chi connectivity index (χ4v) is 4.63. The van der Waals surface area contributed by atoms with Gasteiger partial charge < -0.3 is 13.9 Å². The van der Waals surface area contributed by atoms with E-state index in [-0.39, 0.29) is 17.1 Å². The molecule has 0 aliphatic carbocycles. The van der Waals surface area contributed by atoms with Gasteiger partial charge in [-0.3, -0.25) is 14.5 Å². The predicted molar refractivity (Wildman–Crippen MR) is 134 cm³/mol. The minimum Gasteiger partial charge on any atom is -0.497 e. The third kappa shape index (κ3) is 3.76. The third-order valence-electron chi connectivity index (χ3n) is 5.83. The van der Waals surface area contributed by atoms with E-state index >= 15 is 0 Å². The van der Waals surface area contributed by atoms with E-state index in [1.807, 2.05) is 31.2 Å². The number of hydrogen-bond acceptors (Lipinski definition) is 5. The van der Waals surface area contributed by atoms with Crippen LogP contribution >= 0.6 is 15.9 Å². The monoisotopic (exact) mass is 519 g/mol. The Hall–Kier alpha value is -3.58. The molecule has 0 radical (unpaired) electrons. The molecule has 0 bridgehead atoms.